The molecule has 0 aliphatic rings. The third kappa shape index (κ3) is 7.24. The van der Waals surface area contributed by atoms with Gasteiger partial charge < -0.3 is 0 Å². The van der Waals surface area contributed by atoms with Gasteiger partial charge in [-0.1, -0.05) is 206 Å². The van der Waals surface area contributed by atoms with Crippen molar-refractivity contribution in [2.45, 2.75) is 0 Å². The van der Waals surface area contributed by atoms with Gasteiger partial charge in [-0.15, -0.1) is 0 Å². The van der Waals surface area contributed by atoms with Crippen molar-refractivity contribution < 1.29 is 0 Å². The standard InChI is InChI=1S/C56H36N4/c57-37-38-10-9-15-49(36-38)43-18-24-44(25-19-43)50-34-35-51(53-17-8-7-16-52(50)53)45-26-32-48(33-27-45)56-59-54(46-28-20-41(21-29-46)39-11-3-1-4-12-39)58-55(60-56)47-30-22-42(23-31-47)40-13-5-2-6-14-40/h1-36H. The zero-order chi connectivity index (χ0) is 40.3. The summed E-state index contributed by atoms with van der Waals surface area (Å²) in [5.74, 6) is 1.86. The van der Waals surface area contributed by atoms with E-state index in [0.717, 1.165) is 66.8 Å². The van der Waals surface area contributed by atoms with E-state index in [4.69, 9.17) is 15.0 Å². The van der Waals surface area contributed by atoms with E-state index in [2.05, 4.69) is 188 Å². The summed E-state index contributed by atoms with van der Waals surface area (Å²) in [5, 5.41) is 11.7. The fourth-order valence-electron chi connectivity index (χ4n) is 7.86. The molecule has 0 amide bonds. The van der Waals surface area contributed by atoms with Gasteiger partial charge in [-0.2, -0.15) is 5.26 Å². The van der Waals surface area contributed by atoms with Gasteiger partial charge in [0.25, 0.3) is 0 Å². The molecule has 0 spiro atoms. The molecule has 0 atom stereocenters. The maximum atomic E-state index is 9.38. The number of rotatable bonds is 8. The summed E-state index contributed by atoms with van der Waals surface area (Å²) in [6.45, 7) is 0. The molecule has 1 aromatic heterocycles. The van der Waals surface area contributed by atoms with E-state index < -0.39 is 0 Å². The first-order valence-corrected chi connectivity index (χ1v) is 20.0. The second kappa shape index (κ2) is 15.9. The molecule has 0 N–H and O–H groups in total. The van der Waals surface area contributed by atoms with Crippen LogP contribution in [0.25, 0.3) is 101 Å². The second-order valence-electron chi connectivity index (χ2n) is 14.7. The zero-order valence-electron chi connectivity index (χ0n) is 32.6. The Bertz CT molecular complexity index is 3050. The van der Waals surface area contributed by atoms with Gasteiger partial charge in [-0.3, -0.25) is 0 Å². The Morgan fingerprint density at radius 1 is 0.267 bits per heavy atom. The number of hydrogen-bond acceptors (Lipinski definition) is 4. The van der Waals surface area contributed by atoms with E-state index in [9.17, 15) is 5.26 Å². The molecule has 0 bridgehead atoms. The van der Waals surface area contributed by atoms with E-state index in [1.165, 1.54) is 16.3 Å². The van der Waals surface area contributed by atoms with Gasteiger partial charge >= 0.3 is 0 Å². The lowest BCUT2D eigenvalue weighted by molar-refractivity contribution is 1.07. The number of benzene rings is 9. The lowest BCUT2D eigenvalue weighted by Gasteiger charge is -2.13. The van der Waals surface area contributed by atoms with E-state index in [0.29, 0.717) is 23.0 Å². The van der Waals surface area contributed by atoms with Gasteiger partial charge in [0.15, 0.2) is 17.5 Å². The highest BCUT2D eigenvalue weighted by Crippen LogP contribution is 2.37. The van der Waals surface area contributed by atoms with Crippen LogP contribution in [0.1, 0.15) is 5.56 Å². The average molecular weight is 765 g/mol. The first kappa shape index (κ1) is 36.1. The minimum Gasteiger partial charge on any atom is -0.208 e. The van der Waals surface area contributed by atoms with E-state index in [1.54, 1.807) is 0 Å². The fraction of sp³-hybridized carbons (Fsp3) is 0. The molecule has 280 valence electrons. The smallest absolute Gasteiger partial charge is 0.164 e. The normalized spacial score (nSPS) is 11.0. The molecular weight excluding hydrogens is 729 g/mol. The molecule has 0 saturated heterocycles. The molecule has 9 aromatic carbocycles. The number of nitriles is 1. The van der Waals surface area contributed by atoms with Crippen LogP contribution in [-0.4, -0.2) is 15.0 Å². The second-order valence-corrected chi connectivity index (χ2v) is 14.7. The summed E-state index contributed by atoms with van der Waals surface area (Å²) in [4.78, 5) is 15.2. The van der Waals surface area contributed by atoms with Gasteiger partial charge in [0, 0.05) is 16.7 Å². The number of aromatic nitrogens is 3. The Morgan fingerprint density at radius 3 is 0.983 bits per heavy atom. The van der Waals surface area contributed by atoms with Gasteiger partial charge in [-0.25, -0.2) is 15.0 Å². The van der Waals surface area contributed by atoms with Crippen LogP contribution >= 0.6 is 0 Å². The molecule has 0 unspecified atom stereocenters. The number of hydrogen-bond donors (Lipinski definition) is 0. The Kier molecular flexibility index (Phi) is 9.59. The summed E-state index contributed by atoms with van der Waals surface area (Å²) in [6, 6.07) is 77.7. The van der Waals surface area contributed by atoms with Gasteiger partial charge in [0.2, 0.25) is 0 Å². The lowest BCUT2D eigenvalue weighted by atomic mass is 9.91. The minimum atomic E-state index is 0.615. The van der Waals surface area contributed by atoms with Crippen LogP contribution in [0.15, 0.2) is 218 Å². The Labute approximate surface area is 349 Å². The molecular formula is C56H36N4. The van der Waals surface area contributed by atoms with Crippen molar-refractivity contribution in [3.05, 3.63) is 224 Å². The van der Waals surface area contributed by atoms with E-state index >= 15 is 0 Å². The summed E-state index contributed by atoms with van der Waals surface area (Å²) in [7, 11) is 0. The molecule has 0 aliphatic carbocycles. The highest BCUT2D eigenvalue weighted by atomic mass is 15.0. The predicted octanol–water partition coefficient (Wildman–Crippen LogP) is 14.2. The van der Waals surface area contributed by atoms with Crippen LogP contribution in [-0.2, 0) is 0 Å². The average Bonchev–Trinajstić information content (AvgIpc) is 3.34. The molecule has 0 radical (unpaired) electrons. The highest BCUT2D eigenvalue weighted by molar-refractivity contribution is 6.05. The van der Waals surface area contributed by atoms with Crippen molar-refractivity contribution >= 4 is 10.8 Å². The van der Waals surface area contributed by atoms with E-state index in [1.807, 2.05) is 36.4 Å². The van der Waals surface area contributed by atoms with Crippen molar-refractivity contribution in [1.29, 1.82) is 5.26 Å². The molecule has 0 aliphatic heterocycles. The van der Waals surface area contributed by atoms with Crippen LogP contribution < -0.4 is 0 Å². The quantitative estimate of drug-likeness (QED) is 0.155. The van der Waals surface area contributed by atoms with Crippen LogP contribution in [0.5, 0.6) is 0 Å². The van der Waals surface area contributed by atoms with Crippen molar-refractivity contribution in [3.63, 3.8) is 0 Å². The minimum absolute atomic E-state index is 0.615. The van der Waals surface area contributed by atoms with Gasteiger partial charge in [-0.05, 0) is 78.5 Å². The summed E-state index contributed by atoms with van der Waals surface area (Å²) >= 11 is 0. The Morgan fingerprint density at radius 2 is 0.583 bits per heavy atom. The zero-order valence-corrected chi connectivity index (χ0v) is 32.6. The first-order chi connectivity index (χ1) is 29.7. The highest BCUT2D eigenvalue weighted by Gasteiger charge is 2.15. The third-order valence-electron chi connectivity index (χ3n) is 11.0. The van der Waals surface area contributed by atoms with Crippen molar-refractivity contribution in [2.24, 2.45) is 0 Å². The molecule has 0 saturated carbocycles. The molecule has 1 heterocycles. The number of fused-ring (bicyclic) bond motifs is 1. The monoisotopic (exact) mass is 764 g/mol. The maximum Gasteiger partial charge on any atom is 0.164 e. The summed E-state index contributed by atoms with van der Waals surface area (Å²) in [5.41, 5.74) is 14.7. The first-order valence-electron chi connectivity index (χ1n) is 20.0. The third-order valence-corrected chi connectivity index (χ3v) is 11.0. The molecule has 60 heavy (non-hydrogen) atoms. The molecule has 10 aromatic rings. The lowest BCUT2D eigenvalue weighted by Crippen LogP contribution is -2.00. The molecule has 4 heteroatoms. The van der Waals surface area contributed by atoms with Crippen molar-refractivity contribution in [1.82, 2.24) is 15.0 Å². The topological polar surface area (TPSA) is 62.5 Å². The fourth-order valence-corrected chi connectivity index (χ4v) is 7.86. The van der Waals surface area contributed by atoms with Crippen LogP contribution in [0, 0.1) is 11.3 Å². The van der Waals surface area contributed by atoms with Gasteiger partial charge in [0.1, 0.15) is 0 Å². The number of nitrogens with zero attached hydrogens (tertiary/aromatic N) is 4. The SMILES string of the molecule is N#Cc1cccc(-c2ccc(-c3ccc(-c4ccc(-c5nc(-c6ccc(-c7ccccc7)cc6)nc(-c6ccc(-c7ccccc7)cc6)n5)cc4)c4ccccc34)cc2)c1. The van der Waals surface area contributed by atoms with Crippen LogP contribution in [0.4, 0.5) is 0 Å². The largest absolute Gasteiger partial charge is 0.208 e. The van der Waals surface area contributed by atoms with Crippen molar-refractivity contribution in [3.8, 4) is 95.9 Å². The molecule has 4 nitrogen and oxygen atoms in total. The molecule has 0 fully saturated rings. The Hall–Kier alpha value is -8.26. The molecule has 10 rings (SSSR count). The summed E-state index contributed by atoms with van der Waals surface area (Å²) in [6.07, 6.45) is 0. The maximum absolute atomic E-state index is 9.38. The van der Waals surface area contributed by atoms with Crippen molar-refractivity contribution in [2.75, 3.05) is 0 Å². The van der Waals surface area contributed by atoms with E-state index in [-0.39, 0.29) is 0 Å². The van der Waals surface area contributed by atoms with Crippen LogP contribution in [0.2, 0.25) is 0 Å². The van der Waals surface area contributed by atoms with Gasteiger partial charge in [0.05, 0.1) is 11.6 Å². The summed E-state index contributed by atoms with van der Waals surface area (Å²) < 4.78 is 0. The Balaban J connectivity index is 0.993. The van der Waals surface area contributed by atoms with Crippen LogP contribution in [0.3, 0.4) is 0 Å². The predicted molar refractivity (Wildman–Crippen MR) is 246 cm³/mol.